The topological polar surface area (TPSA) is 188 Å². The summed E-state index contributed by atoms with van der Waals surface area (Å²) in [5.41, 5.74) is 10.6. The predicted octanol–water partition coefficient (Wildman–Crippen LogP) is -3.13. The van der Waals surface area contributed by atoms with Crippen LogP contribution in [0.15, 0.2) is 0 Å². The van der Waals surface area contributed by atoms with E-state index in [0.29, 0.717) is 19.4 Å². The normalized spacial score (nSPS) is 16.0. The van der Waals surface area contributed by atoms with Crippen molar-refractivity contribution in [2.24, 2.45) is 11.5 Å². The molecule has 0 aliphatic rings. The summed E-state index contributed by atoms with van der Waals surface area (Å²) < 4.78 is 0. The second-order valence-electron chi connectivity index (χ2n) is 5.20. The van der Waals surface area contributed by atoms with E-state index in [4.69, 9.17) is 21.7 Å². The van der Waals surface area contributed by atoms with Gasteiger partial charge in [-0.15, -0.1) is 0 Å². The first kappa shape index (κ1) is 21.2. The van der Waals surface area contributed by atoms with Gasteiger partial charge < -0.3 is 37.4 Å². The summed E-state index contributed by atoms with van der Waals surface area (Å²) in [7, 11) is 0. The first-order valence-corrected chi connectivity index (χ1v) is 7.32. The molecule has 2 amide bonds. The minimum Gasteiger partial charge on any atom is -0.480 e. The Morgan fingerprint density at radius 3 is 2.17 bits per heavy atom. The molecule has 0 aromatic carbocycles. The lowest BCUT2D eigenvalue weighted by Gasteiger charge is -2.24. The molecule has 0 aromatic heterocycles. The van der Waals surface area contributed by atoms with E-state index in [0.717, 1.165) is 0 Å². The molecule has 0 spiro atoms. The Hall–Kier alpha value is -1.75. The van der Waals surface area contributed by atoms with E-state index >= 15 is 0 Å². The van der Waals surface area contributed by atoms with Crippen molar-refractivity contribution in [3.8, 4) is 0 Å². The number of carbonyl (C=O) groups is 3. The van der Waals surface area contributed by atoms with Crippen molar-refractivity contribution in [3.63, 3.8) is 0 Å². The van der Waals surface area contributed by atoms with Gasteiger partial charge in [0.15, 0.2) is 0 Å². The lowest BCUT2D eigenvalue weighted by atomic mass is 10.1. The summed E-state index contributed by atoms with van der Waals surface area (Å²) >= 11 is 0. The number of carboxylic acid groups (broad SMARTS) is 1. The Bertz CT molecular complexity index is 404. The summed E-state index contributed by atoms with van der Waals surface area (Å²) in [5.74, 6) is -2.90. The molecule has 0 fully saturated rings. The van der Waals surface area contributed by atoms with Crippen LogP contribution in [0.3, 0.4) is 0 Å². The number of hydrogen-bond donors (Lipinski definition) is 7. The van der Waals surface area contributed by atoms with Crippen LogP contribution < -0.4 is 22.1 Å². The number of carbonyl (C=O) groups excluding carboxylic acids is 2. The molecule has 4 unspecified atom stereocenters. The third-order valence-corrected chi connectivity index (χ3v) is 3.16. The maximum Gasteiger partial charge on any atom is 0.326 e. The summed E-state index contributed by atoms with van der Waals surface area (Å²) in [6.45, 7) is 1.04. The molecule has 23 heavy (non-hydrogen) atoms. The monoisotopic (exact) mass is 334 g/mol. The Morgan fingerprint density at radius 2 is 1.74 bits per heavy atom. The van der Waals surface area contributed by atoms with Gasteiger partial charge in [-0.2, -0.15) is 0 Å². The molecule has 0 heterocycles. The van der Waals surface area contributed by atoms with E-state index < -0.39 is 48.6 Å². The standard InChI is InChI=1S/C13H26N4O6/c1-7(19)10(17-11(20)8(15)6-18)12(21)16-9(13(22)23)4-2-3-5-14/h7-10,18-19H,2-6,14-15H2,1H3,(H,16,21)(H,17,20)(H,22,23). The molecule has 0 aromatic rings. The molecular formula is C13H26N4O6. The molecule has 4 atom stereocenters. The zero-order chi connectivity index (χ0) is 18.0. The fourth-order valence-electron chi connectivity index (χ4n) is 1.76. The van der Waals surface area contributed by atoms with Gasteiger partial charge in [0, 0.05) is 0 Å². The molecule has 0 bridgehead atoms. The predicted molar refractivity (Wildman–Crippen MR) is 81.1 cm³/mol. The van der Waals surface area contributed by atoms with Crippen LogP contribution in [0.2, 0.25) is 0 Å². The third-order valence-electron chi connectivity index (χ3n) is 3.16. The van der Waals surface area contributed by atoms with Crippen molar-refractivity contribution in [1.29, 1.82) is 0 Å². The Labute approximate surface area is 134 Å². The number of nitrogens with one attached hydrogen (secondary N) is 2. The SMILES string of the molecule is CC(O)C(NC(=O)C(N)CO)C(=O)NC(CCCCN)C(=O)O. The maximum absolute atomic E-state index is 12.1. The van der Waals surface area contributed by atoms with E-state index in [9.17, 15) is 19.5 Å². The lowest BCUT2D eigenvalue weighted by Crippen LogP contribution is -2.58. The van der Waals surface area contributed by atoms with Crippen molar-refractivity contribution < 1.29 is 29.7 Å². The summed E-state index contributed by atoms with van der Waals surface area (Å²) in [5, 5.41) is 31.9. The van der Waals surface area contributed by atoms with Crippen LogP contribution in [0.1, 0.15) is 26.2 Å². The lowest BCUT2D eigenvalue weighted by molar-refractivity contribution is -0.143. The largest absolute Gasteiger partial charge is 0.480 e. The number of hydrogen-bond acceptors (Lipinski definition) is 7. The minimum absolute atomic E-state index is 0.175. The van der Waals surface area contributed by atoms with Crippen LogP contribution >= 0.6 is 0 Å². The summed E-state index contributed by atoms with van der Waals surface area (Å²) in [4.78, 5) is 34.9. The number of nitrogens with two attached hydrogens (primary N) is 2. The van der Waals surface area contributed by atoms with Gasteiger partial charge in [-0.1, -0.05) is 0 Å². The number of carboxylic acids is 1. The maximum atomic E-state index is 12.1. The number of rotatable bonds is 11. The Morgan fingerprint density at radius 1 is 1.13 bits per heavy atom. The molecule has 0 aliphatic heterocycles. The summed E-state index contributed by atoms with van der Waals surface area (Å²) in [6, 6.07) is -3.78. The van der Waals surface area contributed by atoms with E-state index in [1.54, 1.807) is 0 Å². The fraction of sp³-hybridized carbons (Fsp3) is 0.769. The van der Waals surface area contributed by atoms with Gasteiger partial charge in [0.2, 0.25) is 11.8 Å². The number of aliphatic hydroxyl groups excluding tert-OH is 2. The van der Waals surface area contributed by atoms with Crippen LogP contribution in [0.4, 0.5) is 0 Å². The molecule has 0 radical (unpaired) electrons. The second kappa shape index (κ2) is 10.9. The van der Waals surface area contributed by atoms with Crippen molar-refractivity contribution >= 4 is 17.8 Å². The molecular weight excluding hydrogens is 308 g/mol. The smallest absolute Gasteiger partial charge is 0.326 e. The molecule has 0 saturated heterocycles. The van der Waals surface area contributed by atoms with E-state index in [1.807, 2.05) is 0 Å². The third kappa shape index (κ3) is 7.88. The average Bonchev–Trinajstić information content (AvgIpc) is 2.49. The number of unbranched alkanes of at least 4 members (excludes halogenated alkanes) is 1. The molecule has 0 rings (SSSR count). The van der Waals surface area contributed by atoms with Crippen LogP contribution in [0, 0.1) is 0 Å². The van der Waals surface area contributed by atoms with Gasteiger partial charge in [-0.05, 0) is 32.7 Å². The highest BCUT2D eigenvalue weighted by molar-refractivity contribution is 5.92. The Balaban J connectivity index is 4.81. The van der Waals surface area contributed by atoms with Gasteiger partial charge in [-0.25, -0.2) is 4.79 Å². The number of amides is 2. The number of aliphatic hydroxyl groups is 2. The van der Waals surface area contributed by atoms with Gasteiger partial charge in [-0.3, -0.25) is 9.59 Å². The van der Waals surface area contributed by atoms with Crippen molar-refractivity contribution in [1.82, 2.24) is 10.6 Å². The Kier molecular flexibility index (Phi) is 10.1. The zero-order valence-corrected chi connectivity index (χ0v) is 13.1. The van der Waals surface area contributed by atoms with Crippen LogP contribution in [-0.2, 0) is 14.4 Å². The molecule has 134 valence electrons. The van der Waals surface area contributed by atoms with Crippen LogP contribution in [0.25, 0.3) is 0 Å². The van der Waals surface area contributed by atoms with Crippen LogP contribution in [-0.4, -0.2) is 70.5 Å². The summed E-state index contributed by atoms with van der Waals surface area (Å²) in [6.07, 6.45) is 0.0222. The highest BCUT2D eigenvalue weighted by atomic mass is 16.4. The van der Waals surface area contributed by atoms with Gasteiger partial charge in [0.05, 0.1) is 12.7 Å². The van der Waals surface area contributed by atoms with Crippen molar-refractivity contribution in [2.45, 2.75) is 50.4 Å². The second-order valence-corrected chi connectivity index (χ2v) is 5.20. The fourth-order valence-corrected chi connectivity index (χ4v) is 1.76. The number of aliphatic carboxylic acids is 1. The van der Waals surface area contributed by atoms with Gasteiger partial charge >= 0.3 is 5.97 Å². The van der Waals surface area contributed by atoms with E-state index in [1.165, 1.54) is 6.92 Å². The van der Waals surface area contributed by atoms with Crippen molar-refractivity contribution in [2.75, 3.05) is 13.2 Å². The quantitative estimate of drug-likeness (QED) is 0.193. The van der Waals surface area contributed by atoms with Crippen LogP contribution in [0.5, 0.6) is 0 Å². The first-order chi connectivity index (χ1) is 10.7. The molecule has 10 nitrogen and oxygen atoms in total. The van der Waals surface area contributed by atoms with Crippen molar-refractivity contribution in [3.05, 3.63) is 0 Å². The van der Waals surface area contributed by atoms with E-state index in [-0.39, 0.29) is 6.42 Å². The zero-order valence-electron chi connectivity index (χ0n) is 13.1. The first-order valence-electron chi connectivity index (χ1n) is 7.32. The molecule has 9 N–H and O–H groups in total. The molecule has 10 heteroatoms. The van der Waals surface area contributed by atoms with Gasteiger partial charge in [0.25, 0.3) is 0 Å². The molecule has 0 aliphatic carbocycles. The van der Waals surface area contributed by atoms with E-state index in [2.05, 4.69) is 10.6 Å². The molecule has 0 saturated carbocycles. The minimum atomic E-state index is -1.38. The highest BCUT2D eigenvalue weighted by Gasteiger charge is 2.30. The highest BCUT2D eigenvalue weighted by Crippen LogP contribution is 2.03. The average molecular weight is 334 g/mol. The van der Waals surface area contributed by atoms with Gasteiger partial charge in [0.1, 0.15) is 18.1 Å².